The molecule has 0 spiro atoms. The first kappa shape index (κ1) is 26.9. The zero-order valence-electron chi connectivity index (χ0n) is 21.7. The molecule has 3 rings (SSSR count). The number of nitrogens with zero attached hydrogens (tertiary/aromatic N) is 3. The van der Waals surface area contributed by atoms with Gasteiger partial charge in [-0.1, -0.05) is 91.8 Å². The molecule has 0 aliphatic heterocycles. The third kappa shape index (κ3) is 5.76. The van der Waals surface area contributed by atoms with Crippen molar-refractivity contribution >= 4 is 11.5 Å². The zero-order chi connectivity index (χ0) is 23.6. The molecular weight excluding hydrogens is 426 g/mol. The minimum absolute atomic E-state index is 0. The van der Waals surface area contributed by atoms with Crippen LogP contribution in [0.1, 0.15) is 108 Å². The van der Waals surface area contributed by atoms with Crippen molar-refractivity contribution in [2.75, 3.05) is 0 Å². The number of aliphatic imine (C=N–C) groups is 1. The van der Waals surface area contributed by atoms with Crippen molar-refractivity contribution in [3.8, 4) is 5.69 Å². The average molecular weight is 466 g/mol. The van der Waals surface area contributed by atoms with Crippen molar-refractivity contribution < 1.29 is 17.0 Å². The van der Waals surface area contributed by atoms with Gasteiger partial charge in [-0.25, -0.2) is 9.13 Å². The van der Waals surface area contributed by atoms with Gasteiger partial charge < -0.3 is 12.4 Å². The van der Waals surface area contributed by atoms with E-state index in [4.69, 9.17) is 4.99 Å². The molecule has 3 nitrogen and oxygen atoms in total. The molecule has 0 aliphatic carbocycles. The van der Waals surface area contributed by atoms with E-state index in [2.05, 4.69) is 127 Å². The molecule has 3 aromatic rings. The maximum atomic E-state index is 5.16. The average Bonchev–Trinajstić information content (AvgIpc) is 3.22. The molecule has 0 atom stereocenters. The van der Waals surface area contributed by atoms with E-state index >= 15 is 0 Å². The lowest BCUT2D eigenvalue weighted by molar-refractivity contribution is -0.555. The van der Waals surface area contributed by atoms with Crippen molar-refractivity contribution in [1.82, 2.24) is 4.57 Å². The predicted molar refractivity (Wildman–Crippen MR) is 137 cm³/mol. The molecule has 0 unspecified atom stereocenters. The summed E-state index contributed by atoms with van der Waals surface area (Å²) >= 11 is 0. The van der Waals surface area contributed by atoms with Crippen LogP contribution in [0.2, 0.25) is 0 Å². The fourth-order valence-corrected chi connectivity index (χ4v) is 4.35. The largest absolute Gasteiger partial charge is 1.00 e. The van der Waals surface area contributed by atoms with E-state index in [0.29, 0.717) is 23.7 Å². The van der Waals surface area contributed by atoms with E-state index < -0.39 is 0 Å². The lowest BCUT2D eigenvalue weighted by atomic mass is 9.92. The fourth-order valence-electron chi connectivity index (χ4n) is 4.35. The Morgan fingerprint density at radius 2 is 1.15 bits per heavy atom. The lowest BCUT2D eigenvalue weighted by Gasteiger charge is -2.17. The number of para-hydroxylation sites is 2. The molecule has 0 saturated carbocycles. The number of benzene rings is 2. The molecule has 33 heavy (non-hydrogen) atoms. The summed E-state index contributed by atoms with van der Waals surface area (Å²) in [6, 6.07) is 13.3. The monoisotopic (exact) mass is 465 g/mol. The first-order valence-corrected chi connectivity index (χ1v) is 12.0. The second-order valence-corrected chi connectivity index (χ2v) is 10.1. The Kier molecular flexibility index (Phi) is 9.08. The summed E-state index contributed by atoms with van der Waals surface area (Å²) in [6.07, 6.45) is 6.44. The number of aromatic nitrogens is 2. The molecule has 0 fully saturated rings. The maximum absolute atomic E-state index is 5.16. The van der Waals surface area contributed by atoms with Crippen LogP contribution in [0.15, 0.2) is 60.1 Å². The fraction of sp³-hybridized carbons (Fsp3) is 0.448. The maximum Gasteiger partial charge on any atom is 0.240 e. The van der Waals surface area contributed by atoms with E-state index in [0.717, 1.165) is 11.5 Å². The zero-order valence-corrected chi connectivity index (χ0v) is 22.5. The van der Waals surface area contributed by atoms with Crippen LogP contribution < -0.4 is 17.0 Å². The third-order valence-corrected chi connectivity index (χ3v) is 6.23. The molecule has 4 heteroatoms. The van der Waals surface area contributed by atoms with Crippen molar-refractivity contribution in [1.29, 1.82) is 0 Å². The summed E-state index contributed by atoms with van der Waals surface area (Å²) in [5.74, 6) is 2.76. The topological polar surface area (TPSA) is 21.2 Å². The minimum atomic E-state index is 0. The van der Waals surface area contributed by atoms with Crippen LogP contribution in [-0.4, -0.2) is 10.4 Å². The van der Waals surface area contributed by atoms with Gasteiger partial charge in [0.1, 0.15) is 17.6 Å². The second kappa shape index (κ2) is 11.2. The summed E-state index contributed by atoms with van der Waals surface area (Å²) in [5, 5.41) is 0. The second-order valence-electron chi connectivity index (χ2n) is 10.1. The van der Waals surface area contributed by atoms with Crippen LogP contribution in [0.3, 0.4) is 0 Å². The summed E-state index contributed by atoms with van der Waals surface area (Å²) in [4.78, 5) is 5.16. The summed E-state index contributed by atoms with van der Waals surface area (Å²) in [7, 11) is 0. The van der Waals surface area contributed by atoms with Gasteiger partial charge in [0, 0.05) is 6.92 Å². The Labute approximate surface area is 207 Å². The Bertz CT molecular complexity index is 1050. The number of halogens is 1. The van der Waals surface area contributed by atoms with Crippen molar-refractivity contribution in [2.24, 2.45) is 4.99 Å². The summed E-state index contributed by atoms with van der Waals surface area (Å²) < 4.78 is 4.41. The molecule has 0 aliphatic rings. The van der Waals surface area contributed by atoms with Crippen molar-refractivity contribution in [3.05, 3.63) is 77.4 Å². The van der Waals surface area contributed by atoms with E-state index in [9.17, 15) is 0 Å². The van der Waals surface area contributed by atoms with Gasteiger partial charge in [0.25, 0.3) is 0 Å². The third-order valence-electron chi connectivity index (χ3n) is 6.23. The van der Waals surface area contributed by atoms with Crippen LogP contribution in [0.25, 0.3) is 5.69 Å². The normalized spacial score (nSPS) is 12.2. The number of hydrogen-bond acceptors (Lipinski definition) is 1. The van der Waals surface area contributed by atoms with Gasteiger partial charge in [0.15, 0.2) is 6.33 Å². The van der Waals surface area contributed by atoms with Gasteiger partial charge in [-0.15, -0.1) is 4.99 Å². The van der Waals surface area contributed by atoms with E-state index in [1.807, 2.05) is 0 Å². The Balaban J connectivity index is 0.00000385. The van der Waals surface area contributed by atoms with E-state index in [-0.39, 0.29) is 12.4 Å². The Morgan fingerprint density at radius 3 is 1.58 bits per heavy atom. The molecule has 0 saturated heterocycles. The van der Waals surface area contributed by atoms with Gasteiger partial charge in [-0.05, 0) is 45.9 Å². The highest BCUT2D eigenvalue weighted by Gasteiger charge is 2.21. The highest BCUT2D eigenvalue weighted by Crippen LogP contribution is 2.35. The van der Waals surface area contributed by atoms with Gasteiger partial charge in [-0.3, -0.25) is 0 Å². The predicted octanol–water partition coefficient (Wildman–Crippen LogP) is 4.86. The van der Waals surface area contributed by atoms with E-state index in [1.54, 1.807) is 0 Å². The van der Waals surface area contributed by atoms with Gasteiger partial charge in [-0.2, -0.15) is 0 Å². The van der Waals surface area contributed by atoms with Crippen LogP contribution in [-0.2, 0) is 0 Å². The lowest BCUT2D eigenvalue weighted by Crippen LogP contribution is -3.00. The molecule has 1 heterocycles. The summed E-state index contributed by atoms with van der Waals surface area (Å²) in [6.45, 7) is 20.1. The van der Waals surface area contributed by atoms with Gasteiger partial charge in [0.05, 0.1) is 6.20 Å². The highest BCUT2D eigenvalue weighted by molar-refractivity contribution is 5.76. The first-order chi connectivity index (χ1) is 15.1. The van der Waals surface area contributed by atoms with Crippen LogP contribution in [0.4, 0.5) is 5.69 Å². The molecule has 0 amide bonds. The summed E-state index contributed by atoms with van der Waals surface area (Å²) in [5.41, 5.74) is 7.79. The molecule has 2 aromatic carbocycles. The molecule has 0 N–H and O–H groups in total. The van der Waals surface area contributed by atoms with Crippen LogP contribution >= 0.6 is 0 Å². The van der Waals surface area contributed by atoms with Crippen molar-refractivity contribution in [2.45, 2.75) is 86.0 Å². The molecular formula is C29H40ClN3. The smallest absolute Gasteiger partial charge is 0.240 e. The quantitative estimate of drug-likeness (QED) is 0.281. The van der Waals surface area contributed by atoms with Crippen LogP contribution in [0, 0.1) is 0 Å². The standard InChI is InChI=1S/C29H40N3.ClH/c1-19(2)24-12-10-13-25(20(3)4)28(24)30-23(9)31-16-17-32(18-31)29-26(21(5)6)14-11-15-27(29)22(7)8;/h10-22H,1-9H3;1H/q+1;/p-1. The number of rotatable bonds is 6. The highest BCUT2D eigenvalue weighted by atomic mass is 35.5. The molecule has 0 radical (unpaired) electrons. The number of hydrogen-bond donors (Lipinski definition) is 0. The van der Waals surface area contributed by atoms with Crippen molar-refractivity contribution in [3.63, 3.8) is 0 Å². The number of imidazole rings is 1. The van der Waals surface area contributed by atoms with Gasteiger partial charge in [0.2, 0.25) is 5.84 Å². The SMILES string of the molecule is CC(=Nc1c(C(C)C)cccc1C(C)C)[n+]1ccn(-c2c(C(C)C)cccc2C(C)C)c1.[Cl-]. The Morgan fingerprint density at radius 1 is 0.727 bits per heavy atom. The van der Waals surface area contributed by atoms with Gasteiger partial charge >= 0.3 is 0 Å². The minimum Gasteiger partial charge on any atom is -1.00 e. The first-order valence-electron chi connectivity index (χ1n) is 12.0. The van der Waals surface area contributed by atoms with E-state index in [1.165, 1.54) is 27.9 Å². The molecule has 1 aromatic heterocycles. The Hall–Kier alpha value is -2.39. The molecule has 178 valence electrons. The molecule has 0 bridgehead atoms. The van der Waals surface area contributed by atoms with Crippen LogP contribution in [0.5, 0.6) is 0 Å².